The Bertz CT molecular complexity index is 349. The van der Waals surface area contributed by atoms with Gasteiger partial charge in [0.05, 0.1) is 0 Å². The fourth-order valence-electron chi connectivity index (χ4n) is 3.63. The number of carbonyl (C=O) groups is 1. The summed E-state index contributed by atoms with van der Waals surface area (Å²) in [5.41, 5.74) is 0.724. The van der Waals surface area contributed by atoms with E-state index in [1.54, 1.807) is 6.92 Å². The topological polar surface area (TPSA) is 26.3 Å². The Morgan fingerprint density at radius 3 is 2.14 bits per heavy atom. The van der Waals surface area contributed by atoms with Crippen LogP contribution in [0.4, 0.5) is 0 Å². The zero-order valence-electron chi connectivity index (χ0n) is 14.6. The van der Waals surface area contributed by atoms with Gasteiger partial charge < -0.3 is 4.74 Å². The lowest BCUT2D eigenvalue weighted by molar-refractivity contribution is -0.159. The summed E-state index contributed by atoms with van der Waals surface area (Å²) >= 11 is 0. The van der Waals surface area contributed by atoms with Crippen molar-refractivity contribution in [3.8, 4) is 0 Å². The van der Waals surface area contributed by atoms with Crippen molar-refractivity contribution in [3.63, 3.8) is 0 Å². The smallest absolute Gasteiger partial charge is 0.333 e. The molecule has 0 aromatic carbocycles. The second-order valence-electron chi connectivity index (χ2n) is 7.33. The van der Waals surface area contributed by atoms with Crippen molar-refractivity contribution in [2.24, 2.45) is 5.41 Å². The molecule has 2 nitrogen and oxygen atoms in total. The molecule has 0 heterocycles. The van der Waals surface area contributed by atoms with Gasteiger partial charge in [-0.15, -0.1) is 0 Å². The summed E-state index contributed by atoms with van der Waals surface area (Å²) in [5, 5.41) is 0. The molecular weight excluding hydrogens is 260 g/mol. The monoisotopic (exact) mass is 294 g/mol. The largest absolute Gasteiger partial charge is 0.456 e. The lowest BCUT2D eigenvalue weighted by atomic mass is 9.64. The van der Waals surface area contributed by atoms with E-state index in [1.807, 2.05) is 0 Å². The summed E-state index contributed by atoms with van der Waals surface area (Å²) in [7, 11) is 0. The Hall–Kier alpha value is -0.790. The first-order valence-electron chi connectivity index (χ1n) is 8.75. The minimum atomic E-state index is -0.280. The Morgan fingerprint density at radius 1 is 1.05 bits per heavy atom. The van der Waals surface area contributed by atoms with Crippen LogP contribution in [0.15, 0.2) is 12.2 Å². The fraction of sp³-hybridized carbons (Fsp3) is 0.842. The van der Waals surface area contributed by atoms with Gasteiger partial charge in [0.2, 0.25) is 0 Å². The van der Waals surface area contributed by atoms with Crippen LogP contribution in [-0.4, -0.2) is 11.6 Å². The fourth-order valence-corrected chi connectivity index (χ4v) is 3.63. The van der Waals surface area contributed by atoms with Gasteiger partial charge in [0.15, 0.2) is 0 Å². The predicted molar refractivity (Wildman–Crippen MR) is 89.3 cm³/mol. The molecule has 1 saturated carbocycles. The Balaban J connectivity index is 2.60. The molecule has 1 aliphatic carbocycles. The van der Waals surface area contributed by atoms with Gasteiger partial charge in [0, 0.05) is 5.57 Å². The molecule has 0 aliphatic heterocycles. The second kappa shape index (κ2) is 8.00. The van der Waals surface area contributed by atoms with Crippen molar-refractivity contribution in [2.45, 2.75) is 97.5 Å². The van der Waals surface area contributed by atoms with Crippen LogP contribution in [0.5, 0.6) is 0 Å². The molecule has 2 heteroatoms. The molecular formula is C19H34O2. The molecule has 0 unspecified atom stereocenters. The molecule has 0 amide bonds. The molecule has 1 fully saturated rings. The van der Waals surface area contributed by atoms with Crippen LogP contribution < -0.4 is 0 Å². The minimum absolute atomic E-state index is 0.230. The Morgan fingerprint density at radius 2 is 1.67 bits per heavy atom. The third kappa shape index (κ3) is 5.48. The zero-order chi connectivity index (χ0) is 15.9. The lowest BCUT2D eigenvalue weighted by Gasteiger charge is -2.45. The van der Waals surface area contributed by atoms with Crippen LogP contribution in [0, 0.1) is 5.41 Å². The molecule has 122 valence electrons. The van der Waals surface area contributed by atoms with Crippen LogP contribution in [0.1, 0.15) is 91.9 Å². The van der Waals surface area contributed by atoms with Gasteiger partial charge >= 0.3 is 5.97 Å². The standard InChI is InChI=1S/C19H34O2/c1-6-8-9-11-19(10-7-2)14-12-18(5,13-15-19)21-17(20)16(3)4/h3,6-15H2,1-2,4-5H3. The predicted octanol–water partition coefficient (Wildman–Crippen LogP) is 5.81. The summed E-state index contributed by atoms with van der Waals surface area (Å²) < 4.78 is 5.70. The highest BCUT2D eigenvalue weighted by atomic mass is 16.6. The molecule has 0 radical (unpaired) electrons. The first-order valence-corrected chi connectivity index (χ1v) is 8.75. The van der Waals surface area contributed by atoms with Crippen molar-refractivity contribution < 1.29 is 9.53 Å². The number of esters is 1. The first kappa shape index (κ1) is 18.3. The van der Waals surface area contributed by atoms with Gasteiger partial charge in [0.25, 0.3) is 0 Å². The highest BCUT2D eigenvalue weighted by Crippen LogP contribution is 2.48. The van der Waals surface area contributed by atoms with E-state index >= 15 is 0 Å². The molecule has 0 bridgehead atoms. The summed E-state index contributed by atoms with van der Waals surface area (Å²) in [6.45, 7) is 12.1. The molecule has 0 aromatic heterocycles. The summed E-state index contributed by atoms with van der Waals surface area (Å²) in [4.78, 5) is 11.8. The highest BCUT2D eigenvalue weighted by molar-refractivity contribution is 5.87. The summed E-state index contributed by atoms with van der Waals surface area (Å²) in [6, 6.07) is 0. The van der Waals surface area contributed by atoms with Gasteiger partial charge in [0.1, 0.15) is 5.60 Å². The third-order valence-electron chi connectivity index (χ3n) is 5.15. The van der Waals surface area contributed by atoms with Gasteiger partial charge in [-0.25, -0.2) is 4.79 Å². The Kier molecular flexibility index (Phi) is 6.96. The summed E-state index contributed by atoms with van der Waals surface area (Å²) in [6.07, 6.45) is 12.3. The molecule has 0 atom stereocenters. The van der Waals surface area contributed by atoms with Crippen LogP contribution in [-0.2, 0) is 9.53 Å². The maximum Gasteiger partial charge on any atom is 0.333 e. The van der Waals surface area contributed by atoms with Crippen LogP contribution >= 0.6 is 0 Å². The Labute approximate surface area is 131 Å². The normalized spacial score (nSPS) is 29.1. The molecule has 21 heavy (non-hydrogen) atoms. The number of ether oxygens (including phenoxy) is 1. The van der Waals surface area contributed by atoms with Gasteiger partial charge in [-0.2, -0.15) is 0 Å². The number of carbonyl (C=O) groups excluding carboxylic acids is 1. The molecule has 1 rings (SSSR count). The van der Waals surface area contributed by atoms with E-state index in [2.05, 4.69) is 27.4 Å². The van der Waals surface area contributed by atoms with Gasteiger partial charge in [-0.1, -0.05) is 46.1 Å². The van der Waals surface area contributed by atoms with E-state index < -0.39 is 0 Å². The number of rotatable bonds is 8. The van der Waals surface area contributed by atoms with Crippen molar-refractivity contribution in [2.75, 3.05) is 0 Å². The zero-order valence-corrected chi connectivity index (χ0v) is 14.6. The summed E-state index contributed by atoms with van der Waals surface area (Å²) in [5.74, 6) is -0.230. The van der Waals surface area contributed by atoms with Crippen molar-refractivity contribution >= 4 is 5.97 Å². The molecule has 0 aromatic rings. The number of hydrogen-bond acceptors (Lipinski definition) is 2. The van der Waals surface area contributed by atoms with Crippen LogP contribution in [0.25, 0.3) is 0 Å². The number of hydrogen-bond donors (Lipinski definition) is 0. The van der Waals surface area contributed by atoms with Crippen molar-refractivity contribution in [1.82, 2.24) is 0 Å². The quantitative estimate of drug-likeness (QED) is 0.321. The minimum Gasteiger partial charge on any atom is -0.456 e. The van der Waals surface area contributed by atoms with Crippen molar-refractivity contribution in [3.05, 3.63) is 12.2 Å². The van der Waals surface area contributed by atoms with E-state index in [1.165, 1.54) is 51.4 Å². The molecule has 0 N–H and O–H groups in total. The van der Waals surface area contributed by atoms with E-state index in [-0.39, 0.29) is 11.6 Å². The van der Waals surface area contributed by atoms with E-state index in [9.17, 15) is 4.79 Å². The lowest BCUT2D eigenvalue weighted by Crippen LogP contribution is -2.40. The first-order chi connectivity index (χ1) is 9.86. The number of unbranched alkanes of at least 4 members (excludes halogenated alkanes) is 2. The van der Waals surface area contributed by atoms with E-state index in [4.69, 9.17) is 4.74 Å². The SMILES string of the molecule is C=C(C)C(=O)OC1(C)CCC(CCC)(CCCCC)CC1. The third-order valence-corrected chi connectivity index (χ3v) is 5.15. The molecule has 1 aliphatic rings. The van der Waals surface area contributed by atoms with E-state index in [0.717, 1.165) is 12.8 Å². The average molecular weight is 294 g/mol. The maximum atomic E-state index is 11.8. The van der Waals surface area contributed by atoms with Gasteiger partial charge in [-0.05, 0) is 57.8 Å². The average Bonchev–Trinajstić information content (AvgIpc) is 2.43. The van der Waals surface area contributed by atoms with Gasteiger partial charge in [-0.3, -0.25) is 0 Å². The van der Waals surface area contributed by atoms with Crippen LogP contribution in [0.2, 0.25) is 0 Å². The van der Waals surface area contributed by atoms with Crippen molar-refractivity contribution in [1.29, 1.82) is 0 Å². The maximum absolute atomic E-state index is 11.8. The van der Waals surface area contributed by atoms with E-state index in [0.29, 0.717) is 11.0 Å². The highest BCUT2D eigenvalue weighted by Gasteiger charge is 2.41. The van der Waals surface area contributed by atoms with Crippen LogP contribution in [0.3, 0.4) is 0 Å². The molecule has 0 spiro atoms. The second-order valence-corrected chi connectivity index (χ2v) is 7.33. The molecule has 0 saturated heterocycles.